The molecule has 0 fully saturated rings. The van der Waals surface area contributed by atoms with Crippen LogP contribution in [0.15, 0.2) is 66.6 Å². The summed E-state index contributed by atoms with van der Waals surface area (Å²) in [6.45, 7) is 9.74. The molecule has 0 aliphatic heterocycles. The molecule has 0 unspecified atom stereocenters. The average molecular weight is 267 g/mol. The Balaban J connectivity index is 3.03. The van der Waals surface area contributed by atoms with Gasteiger partial charge in [-0.1, -0.05) is 49.1 Å². The van der Waals surface area contributed by atoms with Crippen LogP contribution in [0.25, 0.3) is 0 Å². The van der Waals surface area contributed by atoms with Crippen LogP contribution in [0.1, 0.15) is 25.0 Å². The fourth-order valence-corrected chi connectivity index (χ4v) is 1.83. The summed E-state index contributed by atoms with van der Waals surface area (Å²) in [5, 5.41) is 0. The van der Waals surface area contributed by atoms with Gasteiger partial charge in [-0.25, -0.2) is 0 Å². The number of benzene rings is 1. The fourth-order valence-electron chi connectivity index (χ4n) is 1.83. The topological polar surface area (TPSA) is 20.3 Å². The SMILES string of the molecule is C=C=C(/C=C\C=C/C)N(Cc1ccccc1C)C(C)=O. The first-order valence-corrected chi connectivity index (χ1v) is 6.62. The maximum atomic E-state index is 11.9. The van der Waals surface area contributed by atoms with Gasteiger partial charge in [0.25, 0.3) is 0 Å². The molecule has 20 heavy (non-hydrogen) atoms. The minimum absolute atomic E-state index is 0.0236. The molecule has 0 saturated heterocycles. The van der Waals surface area contributed by atoms with Crippen LogP contribution in [0.3, 0.4) is 0 Å². The summed E-state index contributed by atoms with van der Waals surface area (Å²) in [6, 6.07) is 8.04. The van der Waals surface area contributed by atoms with Gasteiger partial charge in [-0.05, 0) is 31.1 Å². The molecule has 0 aliphatic carbocycles. The molecule has 2 nitrogen and oxygen atoms in total. The number of hydrogen-bond acceptors (Lipinski definition) is 1. The Morgan fingerprint density at radius 2 is 2.05 bits per heavy atom. The van der Waals surface area contributed by atoms with E-state index in [-0.39, 0.29) is 5.91 Å². The van der Waals surface area contributed by atoms with Gasteiger partial charge >= 0.3 is 0 Å². The minimum atomic E-state index is -0.0236. The van der Waals surface area contributed by atoms with Crippen molar-refractivity contribution in [2.45, 2.75) is 27.3 Å². The number of carbonyl (C=O) groups is 1. The zero-order chi connectivity index (χ0) is 15.0. The molecule has 0 aliphatic rings. The lowest BCUT2D eigenvalue weighted by Gasteiger charge is -2.21. The molecule has 0 N–H and O–H groups in total. The lowest BCUT2D eigenvalue weighted by Crippen LogP contribution is -2.26. The van der Waals surface area contributed by atoms with Crippen LogP contribution in [-0.4, -0.2) is 10.8 Å². The van der Waals surface area contributed by atoms with Gasteiger partial charge in [0, 0.05) is 6.92 Å². The van der Waals surface area contributed by atoms with Crippen molar-refractivity contribution in [3.05, 3.63) is 77.7 Å². The fraction of sp³-hybridized carbons (Fsp3) is 0.222. The largest absolute Gasteiger partial charge is 0.301 e. The van der Waals surface area contributed by atoms with Crippen molar-refractivity contribution in [3.8, 4) is 0 Å². The molecule has 0 atom stereocenters. The van der Waals surface area contributed by atoms with Crippen molar-refractivity contribution in [3.63, 3.8) is 0 Å². The van der Waals surface area contributed by atoms with Crippen molar-refractivity contribution < 1.29 is 4.79 Å². The Bertz CT molecular complexity index is 575. The maximum absolute atomic E-state index is 11.9. The highest BCUT2D eigenvalue weighted by atomic mass is 16.2. The van der Waals surface area contributed by atoms with Crippen LogP contribution in [0.4, 0.5) is 0 Å². The molecule has 1 aromatic carbocycles. The third-order valence-electron chi connectivity index (χ3n) is 3.00. The van der Waals surface area contributed by atoms with Gasteiger partial charge < -0.3 is 4.90 Å². The molecule has 0 radical (unpaired) electrons. The van der Waals surface area contributed by atoms with Crippen LogP contribution in [0.2, 0.25) is 0 Å². The first-order chi connectivity index (χ1) is 9.60. The van der Waals surface area contributed by atoms with E-state index in [2.05, 4.69) is 12.3 Å². The van der Waals surface area contributed by atoms with E-state index in [9.17, 15) is 4.79 Å². The van der Waals surface area contributed by atoms with Gasteiger partial charge in [0.2, 0.25) is 5.91 Å². The summed E-state index contributed by atoms with van der Waals surface area (Å²) in [5.41, 5.74) is 5.80. The molecule has 2 heteroatoms. The van der Waals surface area contributed by atoms with E-state index < -0.39 is 0 Å². The molecule has 0 heterocycles. The molecule has 0 aromatic heterocycles. The van der Waals surface area contributed by atoms with E-state index in [1.165, 1.54) is 5.56 Å². The number of aryl methyl sites for hydroxylation is 1. The molecule has 104 valence electrons. The first kappa shape index (κ1) is 15.7. The molecule has 1 amide bonds. The quantitative estimate of drug-likeness (QED) is 0.580. The highest BCUT2D eigenvalue weighted by molar-refractivity contribution is 5.76. The van der Waals surface area contributed by atoms with E-state index in [4.69, 9.17) is 0 Å². The van der Waals surface area contributed by atoms with Crippen molar-refractivity contribution in [1.82, 2.24) is 4.90 Å². The molecule has 0 saturated carbocycles. The first-order valence-electron chi connectivity index (χ1n) is 6.62. The highest BCUT2D eigenvalue weighted by Crippen LogP contribution is 2.15. The van der Waals surface area contributed by atoms with Crippen LogP contribution in [0, 0.1) is 6.92 Å². The normalized spacial score (nSPS) is 10.8. The number of allylic oxidation sites excluding steroid dienone is 4. The average Bonchev–Trinajstić information content (AvgIpc) is 2.43. The summed E-state index contributed by atoms with van der Waals surface area (Å²) in [7, 11) is 0. The van der Waals surface area contributed by atoms with E-state index in [1.807, 2.05) is 62.4 Å². The molecular formula is C18H21NO. The number of amides is 1. The summed E-state index contributed by atoms with van der Waals surface area (Å²) < 4.78 is 0. The summed E-state index contributed by atoms with van der Waals surface area (Å²) in [6.07, 6.45) is 7.55. The monoisotopic (exact) mass is 267 g/mol. The minimum Gasteiger partial charge on any atom is -0.301 e. The van der Waals surface area contributed by atoms with Crippen LogP contribution in [0.5, 0.6) is 0 Å². The third-order valence-corrected chi connectivity index (χ3v) is 3.00. The van der Waals surface area contributed by atoms with Crippen LogP contribution < -0.4 is 0 Å². The Labute approximate surface area is 121 Å². The van der Waals surface area contributed by atoms with E-state index in [0.29, 0.717) is 12.2 Å². The van der Waals surface area contributed by atoms with Crippen molar-refractivity contribution in [2.75, 3.05) is 0 Å². The van der Waals surface area contributed by atoms with Crippen molar-refractivity contribution in [2.24, 2.45) is 0 Å². The Morgan fingerprint density at radius 3 is 2.60 bits per heavy atom. The Hall–Kier alpha value is -2.31. The van der Waals surface area contributed by atoms with Crippen LogP contribution in [-0.2, 0) is 11.3 Å². The standard InChI is InChI=1S/C18H21NO/c1-5-7-8-13-18(6-2)19(16(4)20)14-17-12-10-9-11-15(17)3/h5,7-13H,2,14H2,1,3-4H3/b7-5-,13-8-. The second kappa shape index (κ2) is 7.98. The smallest absolute Gasteiger partial charge is 0.224 e. The van der Waals surface area contributed by atoms with Gasteiger partial charge in [0.15, 0.2) is 0 Å². The predicted molar refractivity (Wildman–Crippen MR) is 84.0 cm³/mol. The van der Waals surface area contributed by atoms with Crippen molar-refractivity contribution >= 4 is 5.91 Å². The molecule has 1 rings (SSSR count). The molecule has 1 aromatic rings. The van der Waals surface area contributed by atoms with E-state index in [0.717, 1.165) is 5.56 Å². The van der Waals surface area contributed by atoms with E-state index in [1.54, 1.807) is 11.8 Å². The number of carbonyl (C=O) groups excluding carboxylic acids is 1. The summed E-state index contributed by atoms with van der Waals surface area (Å²) in [4.78, 5) is 13.6. The highest BCUT2D eigenvalue weighted by Gasteiger charge is 2.13. The van der Waals surface area contributed by atoms with Crippen LogP contribution >= 0.6 is 0 Å². The number of hydrogen-bond donors (Lipinski definition) is 0. The number of rotatable bonds is 5. The molecule has 0 spiro atoms. The summed E-state index contributed by atoms with van der Waals surface area (Å²) in [5.74, 6) is -0.0236. The lowest BCUT2D eigenvalue weighted by atomic mass is 10.1. The Kier molecular flexibility index (Phi) is 6.28. The molecule has 0 bridgehead atoms. The number of nitrogens with zero attached hydrogens (tertiary/aromatic N) is 1. The molecular weight excluding hydrogens is 246 g/mol. The zero-order valence-electron chi connectivity index (χ0n) is 12.4. The lowest BCUT2D eigenvalue weighted by molar-refractivity contribution is -0.127. The van der Waals surface area contributed by atoms with Gasteiger partial charge in [-0.2, -0.15) is 0 Å². The van der Waals surface area contributed by atoms with Gasteiger partial charge in [0.05, 0.1) is 12.2 Å². The van der Waals surface area contributed by atoms with Gasteiger partial charge in [-0.15, -0.1) is 5.73 Å². The van der Waals surface area contributed by atoms with E-state index >= 15 is 0 Å². The maximum Gasteiger partial charge on any atom is 0.224 e. The summed E-state index contributed by atoms with van der Waals surface area (Å²) >= 11 is 0. The second-order valence-electron chi connectivity index (χ2n) is 4.48. The second-order valence-corrected chi connectivity index (χ2v) is 4.48. The zero-order valence-corrected chi connectivity index (χ0v) is 12.4. The van der Waals surface area contributed by atoms with Crippen molar-refractivity contribution in [1.29, 1.82) is 0 Å². The predicted octanol–water partition coefficient (Wildman–Crippen LogP) is 4.14. The third kappa shape index (κ3) is 4.42. The Morgan fingerprint density at radius 1 is 1.35 bits per heavy atom. The van der Waals surface area contributed by atoms with Gasteiger partial charge in [-0.3, -0.25) is 4.79 Å². The van der Waals surface area contributed by atoms with Gasteiger partial charge in [0.1, 0.15) is 0 Å².